The molecule has 0 amide bonds. The number of halogens is 1. The van der Waals surface area contributed by atoms with Gasteiger partial charge in [0.1, 0.15) is 28.6 Å². The summed E-state index contributed by atoms with van der Waals surface area (Å²) in [5, 5.41) is 0. The first-order valence-electron chi connectivity index (χ1n) is 41.4. The van der Waals surface area contributed by atoms with E-state index in [2.05, 4.69) is 433 Å². The maximum absolute atomic E-state index is 6.51. The van der Waals surface area contributed by atoms with E-state index in [9.17, 15) is 0 Å². The number of nitrogens with zero attached hydrogens (tertiary/aromatic N) is 2. The van der Waals surface area contributed by atoms with Crippen molar-refractivity contribution in [3.05, 3.63) is 460 Å². The number of para-hydroxylation sites is 4. The van der Waals surface area contributed by atoms with Crippen LogP contribution in [0, 0.1) is 6.92 Å². The predicted molar refractivity (Wildman–Crippen MR) is 512 cm³/mol. The number of anilines is 6. The van der Waals surface area contributed by atoms with E-state index in [0.717, 1.165) is 128 Å². The molecule has 0 radical (unpaired) electrons. The highest BCUT2D eigenvalue weighted by molar-refractivity contribution is 9.10. The predicted octanol–water partition coefficient (Wildman–Crippen LogP) is 31.4. The first-order valence-corrected chi connectivity index (χ1v) is 42.2. The van der Waals surface area contributed by atoms with Gasteiger partial charge in [-0.1, -0.05) is 350 Å². The van der Waals surface area contributed by atoms with Gasteiger partial charge in [0.05, 0.1) is 6.92 Å². The molecular weight excluding hydrogens is 1550 g/mol. The molecule has 1 saturated heterocycles. The lowest BCUT2D eigenvalue weighted by molar-refractivity contribution is 0.0262. The van der Waals surface area contributed by atoms with E-state index in [0.29, 0.717) is 0 Å². The average molecular weight is 1640 g/mol. The zero-order valence-electron chi connectivity index (χ0n) is 67.9. The summed E-state index contributed by atoms with van der Waals surface area (Å²) in [4.78, 5) is 4.62. The fourth-order valence-corrected chi connectivity index (χ4v) is 16.9. The molecule has 3 aliphatic rings. The molecular formula is C114H85BBrN2O4+. The van der Waals surface area contributed by atoms with Gasteiger partial charge in [0.2, 0.25) is 5.60 Å². The van der Waals surface area contributed by atoms with Gasteiger partial charge in [0.15, 0.2) is 0 Å². The molecule has 0 aromatic heterocycles. The maximum Gasteiger partial charge on any atom is 0.498 e. The lowest BCUT2D eigenvalue weighted by Gasteiger charge is -2.26. The third-order valence-corrected chi connectivity index (χ3v) is 23.9. The standard InChI is InChI=1S/C54H37NO.C30H26BO3.C30H22BrN/c1-3-13-38(14-4-1)40-25-31-45(32-26-40)55(46-33-27-41(28-34-46)39-15-5-2-6-16-39)47-35-29-42(30-36-47)43-17-11-18-44(37-43)48-21-12-22-50-49-19-7-9-23-52(49)56-53-24-10-8-20-51(53)54(48)50;1-29(2)30(3,4)34-31(33-29)21-12-9-11-20(19-21)22-15-10-16-24-23-13-5-7-17-26(23)32-27-18-8-6-14-25(27)28(22)24;31-27-15-21-30(22-16-27)32(28-17-11-25(12-18-28)23-7-3-1-4-8-23)29-19-13-26(14-20-29)24-9-5-2-6-10-24/h1-37H;5-19H,1H2,2-4H3;1-22H/q;+1;. The second-order valence-corrected chi connectivity index (χ2v) is 32.4. The third kappa shape index (κ3) is 16.0. The summed E-state index contributed by atoms with van der Waals surface area (Å²) in [6, 6.07) is 158. The van der Waals surface area contributed by atoms with Crippen LogP contribution < -0.4 is 24.7 Å². The van der Waals surface area contributed by atoms with Crippen molar-refractivity contribution in [1.29, 1.82) is 0 Å². The van der Waals surface area contributed by atoms with Gasteiger partial charge < -0.3 is 28.6 Å². The summed E-state index contributed by atoms with van der Waals surface area (Å²) < 4.78 is 26.5. The van der Waals surface area contributed by atoms with Crippen molar-refractivity contribution in [2.75, 3.05) is 9.80 Å². The van der Waals surface area contributed by atoms with E-state index < -0.39 is 18.3 Å². The van der Waals surface area contributed by atoms with Gasteiger partial charge in [-0.15, -0.1) is 0 Å². The van der Waals surface area contributed by atoms with Crippen LogP contribution in [0.4, 0.5) is 34.1 Å². The number of rotatable bonds is 14. The quantitative estimate of drug-likeness (QED) is 0.0798. The smallest absolute Gasteiger partial charge is 0.456 e. The van der Waals surface area contributed by atoms with Crippen LogP contribution >= 0.6 is 15.9 Å². The Bertz CT molecular complexity index is 6550. The topological polar surface area (TPSA) is 43.4 Å². The number of benzene rings is 18. The van der Waals surface area contributed by atoms with E-state index in [1.165, 1.54) is 61.2 Å². The molecule has 3 heterocycles. The van der Waals surface area contributed by atoms with E-state index in [4.69, 9.17) is 18.8 Å². The van der Waals surface area contributed by atoms with Crippen LogP contribution in [-0.2, 0) is 9.31 Å². The lowest BCUT2D eigenvalue weighted by Crippen LogP contribution is -2.42. The van der Waals surface area contributed by atoms with Crippen molar-refractivity contribution < 1.29 is 18.8 Å². The molecule has 122 heavy (non-hydrogen) atoms. The van der Waals surface area contributed by atoms with E-state index in [1.807, 2.05) is 69.3 Å². The molecule has 1 unspecified atom stereocenters. The Morgan fingerprint density at radius 2 is 0.484 bits per heavy atom. The second-order valence-electron chi connectivity index (χ2n) is 31.5. The van der Waals surface area contributed by atoms with Gasteiger partial charge >= 0.3 is 7.12 Å². The Labute approximate surface area is 723 Å². The molecule has 18 aromatic rings. The molecule has 3 aliphatic heterocycles. The Morgan fingerprint density at radius 1 is 0.230 bits per heavy atom. The van der Waals surface area contributed by atoms with Crippen LogP contribution in [0.1, 0.15) is 20.8 Å². The van der Waals surface area contributed by atoms with Crippen molar-refractivity contribution in [3.8, 4) is 145 Å². The van der Waals surface area contributed by atoms with E-state index >= 15 is 0 Å². The van der Waals surface area contributed by atoms with Crippen molar-refractivity contribution in [2.24, 2.45) is 0 Å². The van der Waals surface area contributed by atoms with E-state index in [1.54, 1.807) is 0 Å². The molecule has 1 atom stereocenters. The molecule has 584 valence electrons. The summed E-state index contributed by atoms with van der Waals surface area (Å²) in [5.41, 5.74) is 32.1. The zero-order valence-corrected chi connectivity index (χ0v) is 69.5. The van der Waals surface area contributed by atoms with Crippen molar-refractivity contribution >= 4 is 62.6 Å². The minimum absolute atomic E-state index is 0.462. The summed E-state index contributed by atoms with van der Waals surface area (Å²) in [6.07, 6.45) is 0. The minimum atomic E-state index is -0.627. The number of hydrogen-bond donors (Lipinski definition) is 0. The van der Waals surface area contributed by atoms with Crippen LogP contribution in [0.2, 0.25) is 0 Å². The number of ether oxygens (including phenoxy) is 2. The molecule has 1 fully saturated rings. The van der Waals surface area contributed by atoms with Crippen LogP contribution in [0.15, 0.2) is 453 Å². The normalized spacial score (nSPS) is 13.6. The molecule has 0 N–H and O–H groups in total. The second kappa shape index (κ2) is 34.1. The summed E-state index contributed by atoms with van der Waals surface area (Å²) >= 11 is 3.56. The van der Waals surface area contributed by atoms with Crippen LogP contribution in [-0.4, -0.2) is 18.3 Å². The lowest BCUT2D eigenvalue weighted by atomic mass is 9.77. The number of hydrogen-bond acceptors (Lipinski definition) is 6. The Hall–Kier alpha value is -14.5. The Kier molecular flexibility index (Phi) is 21.6. The summed E-state index contributed by atoms with van der Waals surface area (Å²) in [5.74, 6) is 3.46. The Balaban J connectivity index is 0.000000128. The molecule has 0 aliphatic carbocycles. The fraction of sp³-hybridized carbons (Fsp3) is 0.0439. The Morgan fingerprint density at radius 3 is 0.836 bits per heavy atom. The maximum atomic E-state index is 6.51. The molecule has 0 spiro atoms. The number of fused-ring (bicyclic) bond motifs is 10. The minimum Gasteiger partial charge on any atom is -0.456 e. The van der Waals surface area contributed by atoms with Gasteiger partial charge in [0.25, 0.3) is 0 Å². The summed E-state index contributed by atoms with van der Waals surface area (Å²) in [6.45, 7) is 10.3. The summed E-state index contributed by atoms with van der Waals surface area (Å²) in [7, 11) is -0.462. The van der Waals surface area contributed by atoms with Gasteiger partial charge in [-0.05, 0) is 224 Å². The third-order valence-electron chi connectivity index (χ3n) is 23.4. The van der Waals surface area contributed by atoms with Gasteiger partial charge in [0, 0.05) is 78.9 Å². The van der Waals surface area contributed by atoms with Crippen LogP contribution in [0.5, 0.6) is 23.0 Å². The largest absolute Gasteiger partial charge is 0.498 e. The fourth-order valence-electron chi connectivity index (χ4n) is 16.6. The average Bonchev–Trinajstić information content (AvgIpc) is 1.57. The van der Waals surface area contributed by atoms with Gasteiger partial charge in [-0.25, -0.2) is 0 Å². The monoisotopic (exact) mass is 1640 g/mol. The molecule has 8 heteroatoms. The first kappa shape index (κ1) is 77.4. The van der Waals surface area contributed by atoms with E-state index in [-0.39, 0.29) is 0 Å². The molecule has 0 saturated carbocycles. The highest BCUT2D eigenvalue weighted by Crippen LogP contribution is 2.53. The van der Waals surface area contributed by atoms with Crippen molar-refractivity contribution in [3.63, 3.8) is 0 Å². The zero-order chi connectivity index (χ0) is 82.5. The molecule has 0 bridgehead atoms. The van der Waals surface area contributed by atoms with Gasteiger partial charge in [-0.3, -0.25) is 0 Å². The SMILES string of the molecule is Brc1ccc(N(c2ccc(-c3ccccc3)cc2)c2ccc(-c3ccccc3)cc2)cc1.[CH2+]C1(C)OB(c2cccc(-c3cccc4c3-c3ccccc3Oc3ccccc3-4)c2)OC1(C)C.c1ccc(-c2ccc(N(c3ccc(-c4ccccc4)cc3)c3ccc(-c4cccc(-c5cccc6c5-c5ccccc5Oc5ccccc5-6)c4)cc3)cc2)cc1. The molecule has 6 nitrogen and oxygen atoms in total. The highest BCUT2D eigenvalue weighted by Gasteiger charge is 2.57. The molecule has 18 aromatic carbocycles. The van der Waals surface area contributed by atoms with Crippen molar-refractivity contribution in [1.82, 2.24) is 0 Å². The van der Waals surface area contributed by atoms with Crippen molar-refractivity contribution in [2.45, 2.75) is 32.0 Å². The van der Waals surface area contributed by atoms with Crippen LogP contribution in [0.3, 0.4) is 0 Å². The first-order chi connectivity index (χ1) is 59.9. The van der Waals surface area contributed by atoms with Crippen LogP contribution in [0.25, 0.3) is 122 Å². The van der Waals surface area contributed by atoms with Gasteiger partial charge in [-0.2, -0.15) is 0 Å². The molecule has 21 rings (SSSR count). The highest BCUT2D eigenvalue weighted by atomic mass is 79.9.